The zero-order valence-electron chi connectivity index (χ0n) is 10.5. The smallest absolute Gasteiger partial charge is 0.293 e. The van der Waals surface area contributed by atoms with Gasteiger partial charge >= 0.3 is 0 Å². The number of amides is 1. The van der Waals surface area contributed by atoms with Crippen LogP contribution >= 0.6 is 0 Å². The largest absolute Gasteiger partial charge is 0.483 e. The monoisotopic (exact) mass is 272 g/mol. The lowest BCUT2D eigenvalue weighted by atomic mass is 10.2. The molecular weight excluding hydrogens is 260 g/mol. The van der Waals surface area contributed by atoms with Crippen molar-refractivity contribution >= 4 is 11.7 Å². The van der Waals surface area contributed by atoms with Crippen molar-refractivity contribution in [3.8, 4) is 11.6 Å². The van der Waals surface area contributed by atoms with Gasteiger partial charge in [-0.3, -0.25) is 4.79 Å². The summed E-state index contributed by atoms with van der Waals surface area (Å²) in [4.78, 5) is 25.0. The minimum Gasteiger partial charge on any atom is -0.483 e. The van der Waals surface area contributed by atoms with Gasteiger partial charge in [-0.1, -0.05) is 18.2 Å². The maximum Gasteiger partial charge on any atom is 0.293 e. The molecule has 2 aromatic rings. The molecule has 0 bridgehead atoms. The average Bonchev–Trinajstić information content (AvgIpc) is 2.53. The Labute approximate surface area is 114 Å². The normalized spacial score (nSPS) is 12.6. The highest BCUT2D eigenvalue weighted by molar-refractivity contribution is 5.93. The molecule has 1 aromatic heterocycles. The Morgan fingerprint density at radius 1 is 1.30 bits per heavy atom. The third-order valence-electron chi connectivity index (χ3n) is 2.69. The summed E-state index contributed by atoms with van der Waals surface area (Å²) in [7, 11) is 0. The lowest BCUT2D eigenvalue weighted by Gasteiger charge is -2.19. The Morgan fingerprint density at radius 3 is 3.00 bits per heavy atom. The molecule has 1 aliphatic heterocycles. The number of anilines is 1. The van der Waals surface area contributed by atoms with Crippen LogP contribution in [0.4, 0.5) is 5.82 Å². The number of ether oxygens (including phenoxy) is 1. The van der Waals surface area contributed by atoms with Crippen LogP contribution in [0.25, 0.3) is 0 Å². The van der Waals surface area contributed by atoms with Gasteiger partial charge in [-0.15, -0.1) is 0 Å². The number of carbonyl (C=O) groups excluding carboxylic acids is 1. The molecule has 0 fully saturated rings. The molecule has 0 saturated heterocycles. The first kappa shape index (κ1) is 12.2. The van der Waals surface area contributed by atoms with Crippen LogP contribution in [0.5, 0.6) is 11.6 Å². The van der Waals surface area contributed by atoms with Crippen molar-refractivity contribution in [3.05, 3.63) is 42.2 Å². The maximum absolute atomic E-state index is 11.9. The van der Waals surface area contributed by atoms with Crippen LogP contribution in [-0.4, -0.2) is 29.0 Å². The predicted octanol–water partition coefficient (Wildman–Crippen LogP) is 1.00. The van der Waals surface area contributed by atoms with Crippen molar-refractivity contribution in [1.29, 1.82) is 0 Å². The van der Waals surface area contributed by atoms with Crippen LogP contribution in [0.3, 0.4) is 0 Å². The van der Waals surface area contributed by atoms with Gasteiger partial charge in [0.25, 0.3) is 11.8 Å². The van der Waals surface area contributed by atoms with Crippen LogP contribution in [-0.2, 0) is 0 Å². The molecule has 2 N–H and O–H groups in total. The second kappa shape index (κ2) is 5.43. The number of benzene rings is 1. The highest BCUT2D eigenvalue weighted by Crippen LogP contribution is 2.32. The molecule has 0 radical (unpaired) electrons. The van der Waals surface area contributed by atoms with Crippen molar-refractivity contribution in [3.63, 3.8) is 0 Å². The maximum atomic E-state index is 11.9. The first-order chi connectivity index (χ1) is 9.84. The average molecular weight is 272 g/mol. The van der Waals surface area contributed by atoms with Crippen LogP contribution in [0.2, 0.25) is 0 Å². The van der Waals surface area contributed by atoms with E-state index in [1.165, 1.54) is 6.33 Å². The Balaban J connectivity index is 1.71. The number of carbonyl (C=O) groups is 1. The zero-order chi connectivity index (χ0) is 13.8. The first-order valence-corrected chi connectivity index (χ1v) is 6.08. The summed E-state index contributed by atoms with van der Waals surface area (Å²) >= 11 is 0. The van der Waals surface area contributed by atoms with Crippen molar-refractivity contribution in [2.45, 2.75) is 0 Å². The summed E-state index contributed by atoms with van der Waals surface area (Å²) in [6.45, 7) is 1.16. The van der Waals surface area contributed by atoms with E-state index in [2.05, 4.69) is 20.8 Å². The first-order valence-electron chi connectivity index (χ1n) is 6.08. The van der Waals surface area contributed by atoms with E-state index in [9.17, 15) is 4.79 Å². The summed E-state index contributed by atoms with van der Waals surface area (Å²) in [5.41, 5.74) is 2.82. The molecule has 1 aromatic carbocycles. The van der Waals surface area contributed by atoms with Crippen molar-refractivity contribution in [2.24, 2.45) is 0 Å². The molecule has 3 rings (SSSR count). The molecule has 0 atom stereocenters. The van der Waals surface area contributed by atoms with Gasteiger partial charge in [0.2, 0.25) is 5.75 Å². The number of hydrogen-bond acceptors (Lipinski definition) is 6. The molecule has 0 saturated carbocycles. The third kappa shape index (κ3) is 2.46. The van der Waals surface area contributed by atoms with Crippen LogP contribution in [0.1, 0.15) is 10.4 Å². The molecule has 7 nitrogen and oxygen atoms in total. The molecule has 1 amide bonds. The highest BCUT2D eigenvalue weighted by atomic mass is 16.7. The van der Waals surface area contributed by atoms with E-state index in [4.69, 9.17) is 9.57 Å². The fourth-order valence-electron chi connectivity index (χ4n) is 1.75. The minimum atomic E-state index is -0.360. The van der Waals surface area contributed by atoms with Gasteiger partial charge in [-0.2, -0.15) is 10.5 Å². The van der Waals surface area contributed by atoms with Gasteiger partial charge in [0.05, 0.1) is 6.54 Å². The zero-order valence-corrected chi connectivity index (χ0v) is 10.5. The number of rotatable bonds is 3. The van der Waals surface area contributed by atoms with Crippen LogP contribution in [0, 0.1) is 0 Å². The summed E-state index contributed by atoms with van der Waals surface area (Å²) in [5, 5.41) is 3.05. The molecule has 1 aliphatic rings. The van der Waals surface area contributed by atoms with Gasteiger partial charge in [-0.25, -0.2) is 4.98 Å². The Hall–Kier alpha value is -2.83. The fourth-order valence-corrected chi connectivity index (χ4v) is 1.75. The Morgan fingerprint density at radius 2 is 2.15 bits per heavy atom. The van der Waals surface area contributed by atoms with Gasteiger partial charge in [0.1, 0.15) is 12.9 Å². The van der Waals surface area contributed by atoms with Crippen molar-refractivity contribution < 1.29 is 14.4 Å². The van der Waals surface area contributed by atoms with Gasteiger partial charge in [-0.05, 0) is 12.1 Å². The highest BCUT2D eigenvalue weighted by Gasteiger charge is 2.19. The quantitative estimate of drug-likeness (QED) is 0.811. The fraction of sp³-hybridized carbons (Fsp3) is 0.154. The molecule has 102 valence electrons. The second-order valence-electron chi connectivity index (χ2n) is 4.03. The third-order valence-corrected chi connectivity index (χ3v) is 2.69. The summed E-state index contributed by atoms with van der Waals surface area (Å²) < 4.78 is 5.43. The number of hydrogen-bond donors (Lipinski definition) is 2. The number of nitrogens with one attached hydrogen (secondary N) is 2. The summed E-state index contributed by atoms with van der Waals surface area (Å²) in [5.74, 6) is 0.760. The standard InChI is InChI=1S/C13H12N4O3/c18-12(9-4-2-1-3-5-9)17-20-13-10-11(15-8-16-13)14-6-7-19-10/h1-5,8H,6-7H2,(H,17,18)(H,14,15,16). The van der Waals surface area contributed by atoms with Crippen molar-refractivity contribution in [1.82, 2.24) is 15.4 Å². The molecule has 2 heterocycles. The number of fused-ring (bicyclic) bond motifs is 1. The second-order valence-corrected chi connectivity index (χ2v) is 4.03. The molecule has 0 spiro atoms. The Bertz CT molecular complexity index is 618. The minimum absolute atomic E-state index is 0.173. The number of nitrogens with zero attached hydrogens (tertiary/aromatic N) is 2. The molecule has 0 unspecified atom stereocenters. The van der Waals surface area contributed by atoms with E-state index in [0.717, 1.165) is 0 Å². The van der Waals surface area contributed by atoms with Gasteiger partial charge in [0.15, 0.2) is 5.82 Å². The molecule has 7 heteroatoms. The van der Waals surface area contributed by atoms with E-state index in [-0.39, 0.29) is 11.8 Å². The van der Waals surface area contributed by atoms with Crippen LogP contribution < -0.4 is 20.4 Å². The summed E-state index contributed by atoms with van der Waals surface area (Å²) in [6, 6.07) is 8.75. The molecule has 0 aliphatic carbocycles. The lowest BCUT2D eigenvalue weighted by molar-refractivity contribution is 0.0741. The van der Waals surface area contributed by atoms with Crippen molar-refractivity contribution in [2.75, 3.05) is 18.5 Å². The predicted molar refractivity (Wildman–Crippen MR) is 70.6 cm³/mol. The van der Waals surface area contributed by atoms with Gasteiger partial charge in [0, 0.05) is 5.56 Å². The molecule has 20 heavy (non-hydrogen) atoms. The van der Waals surface area contributed by atoms with E-state index in [0.29, 0.717) is 30.3 Å². The van der Waals surface area contributed by atoms with E-state index >= 15 is 0 Å². The number of aromatic nitrogens is 2. The topological polar surface area (TPSA) is 85.4 Å². The number of hydroxylamine groups is 1. The lowest BCUT2D eigenvalue weighted by Crippen LogP contribution is -2.28. The van der Waals surface area contributed by atoms with E-state index in [1.807, 2.05) is 6.07 Å². The SMILES string of the molecule is O=C(NOc1ncnc2c1OCCN2)c1ccccc1. The molecular formula is C13H12N4O3. The van der Waals surface area contributed by atoms with E-state index < -0.39 is 0 Å². The van der Waals surface area contributed by atoms with E-state index in [1.54, 1.807) is 24.3 Å². The summed E-state index contributed by atoms with van der Waals surface area (Å²) in [6.07, 6.45) is 1.34. The van der Waals surface area contributed by atoms with Crippen LogP contribution in [0.15, 0.2) is 36.7 Å². The Kier molecular flexibility index (Phi) is 3.32. The van der Waals surface area contributed by atoms with Gasteiger partial charge < -0.3 is 14.9 Å².